The molecule has 1 saturated carbocycles. The number of imide groups is 2. The zero-order chi connectivity index (χ0) is 29.7. The minimum absolute atomic E-state index is 0.144. The van der Waals surface area contributed by atoms with Gasteiger partial charge < -0.3 is 9.84 Å². The lowest BCUT2D eigenvalue weighted by Gasteiger charge is -2.49. The van der Waals surface area contributed by atoms with Crippen molar-refractivity contribution >= 4 is 72.8 Å². The summed E-state index contributed by atoms with van der Waals surface area (Å²) in [5.41, 5.74) is 0.154. The van der Waals surface area contributed by atoms with E-state index < -0.39 is 52.6 Å². The number of rotatable bonds is 3. The van der Waals surface area contributed by atoms with E-state index in [1.165, 1.54) is 26.3 Å². The van der Waals surface area contributed by atoms with Crippen LogP contribution in [0.2, 0.25) is 5.02 Å². The molecule has 214 valence electrons. The van der Waals surface area contributed by atoms with Crippen LogP contribution in [-0.2, 0) is 19.2 Å². The summed E-state index contributed by atoms with van der Waals surface area (Å²) >= 11 is 13.0. The Balaban J connectivity index is 1.59. The van der Waals surface area contributed by atoms with Crippen LogP contribution in [0.4, 0.5) is 10.1 Å². The number of benzene rings is 2. The zero-order valence-corrected chi connectivity index (χ0v) is 26.0. The first-order valence-electron chi connectivity index (χ1n) is 12.9. The summed E-state index contributed by atoms with van der Waals surface area (Å²) < 4.78 is 20.2. The van der Waals surface area contributed by atoms with Crippen molar-refractivity contribution < 1.29 is 33.4 Å². The summed E-state index contributed by atoms with van der Waals surface area (Å²) in [6, 6.07) is 5.30. The van der Waals surface area contributed by atoms with E-state index in [1.807, 2.05) is 6.08 Å². The van der Waals surface area contributed by atoms with Crippen LogP contribution in [0.3, 0.4) is 0 Å². The lowest BCUT2D eigenvalue weighted by molar-refractivity contribution is -0.138. The Kier molecular flexibility index (Phi) is 6.67. The van der Waals surface area contributed by atoms with E-state index in [2.05, 4.69) is 31.9 Å². The Morgan fingerprint density at radius 3 is 2.44 bits per heavy atom. The summed E-state index contributed by atoms with van der Waals surface area (Å²) in [7, 11) is 2.87. The average Bonchev–Trinajstić information content (AvgIpc) is 3.29. The number of allylic oxidation sites excluding steroid dienone is 2. The fraction of sp³-hybridized carbons (Fsp3) is 0.379. The molecule has 2 aliphatic carbocycles. The molecule has 0 spiro atoms. The van der Waals surface area contributed by atoms with Crippen molar-refractivity contribution in [3.05, 3.63) is 61.3 Å². The molecule has 2 saturated heterocycles. The van der Waals surface area contributed by atoms with Crippen LogP contribution in [-0.4, -0.2) is 47.8 Å². The number of anilines is 1. The standard InChI is InChI=1S/C29H24Br2ClFN2O6/c1-29-16(26(38)35(28(29)40)11-4-7-18(33)17(32)8-11)9-14-12(5-6-13-20(14)27(39)34(2)25(13)37)21(29)15-10-19(41-3)24(36)23(31)22(15)30/h4-5,7-8,10,13-14,16,20-21,36H,6,9H2,1-3H3. The van der Waals surface area contributed by atoms with Crippen LogP contribution in [0.1, 0.15) is 31.2 Å². The molecule has 8 nitrogen and oxygen atoms in total. The number of methoxy groups -OCH3 is 1. The molecule has 6 unspecified atom stereocenters. The van der Waals surface area contributed by atoms with Gasteiger partial charge in [0, 0.05) is 17.4 Å². The second kappa shape index (κ2) is 9.64. The van der Waals surface area contributed by atoms with Gasteiger partial charge in [-0.15, -0.1) is 0 Å². The number of nitrogens with zero attached hydrogens (tertiary/aromatic N) is 2. The molecule has 3 fully saturated rings. The molecule has 41 heavy (non-hydrogen) atoms. The molecule has 2 aromatic carbocycles. The molecule has 12 heteroatoms. The van der Waals surface area contributed by atoms with E-state index in [-0.39, 0.29) is 40.4 Å². The van der Waals surface area contributed by atoms with Crippen molar-refractivity contribution in [3.63, 3.8) is 0 Å². The van der Waals surface area contributed by atoms with E-state index in [4.69, 9.17) is 16.3 Å². The molecule has 2 aromatic rings. The van der Waals surface area contributed by atoms with Crippen molar-refractivity contribution in [3.8, 4) is 11.5 Å². The number of fused-ring (bicyclic) bond motifs is 4. The van der Waals surface area contributed by atoms with Gasteiger partial charge in [-0.2, -0.15) is 0 Å². The van der Waals surface area contributed by atoms with Crippen molar-refractivity contribution in [1.82, 2.24) is 4.90 Å². The first-order chi connectivity index (χ1) is 19.3. The predicted molar refractivity (Wildman–Crippen MR) is 154 cm³/mol. The van der Waals surface area contributed by atoms with Gasteiger partial charge in [0.05, 0.1) is 45.5 Å². The number of phenolic OH excluding ortho intramolecular Hbond substituents is 1. The molecule has 6 rings (SSSR count). The van der Waals surface area contributed by atoms with E-state index in [9.17, 15) is 28.7 Å². The Hall–Kier alpha value is -2.76. The molecule has 1 N–H and O–H groups in total. The summed E-state index contributed by atoms with van der Waals surface area (Å²) in [5.74, 6) is -5.54. The maximum absolute atomic E-state index is 14.4. The van der Waals surface area contributed by atoms with Gasteiger partial charge in [-0.05, 0) is 87.4 Å². The van der Waals surface area contributed by atoms with E-state index in [1.54, 1.807) is 13.0 Å². The van der Waals surface area contributed by atoms with Gasteiger partial charge in [-0.3, -0.25) is 24.1 Å². The number of carbonyl (C=O) groups excluding carboxylic acids is 4. The van der Waals surface area contributed by atoms with E-state index >= 15 is 0 Å². The average molecular weight is 711 g/mol. The lowest BCUT2D eigenvalue weighted by atomic mass is 9.51. The molecule has 4 amide bonds. The smallest absolute Gasteiger partial charge is 0.241 e. The van der Waals surface area contributed by atoms with E-state index in [0.717, 1.165) is 21.4 Å². The molecule has 0 aromatic heterocycles. The Morgan fingerprint density at radius 2 is 1.78 bits per heavy atom. The van der Waals surface area contributed by atoms with Crippen molar-refractivity contribution in [1.29, 1.82) is 0 Å². The van der Waals surface area contributed by atoms with Gasteiger partial charge in [0.15, 0.2) is 11.5 Å². The summed E-state index contributed by atoms with van der Waals surface area (Å²) in [6.07, 6.45) is 2.42. The van der Waals surface area contributed by atoms with Crippen LogP contribution in [0, 0.1) is 34.9 Å². The van der Waals surface area contributed by atoms with Gasteiger partial charge in [0.2, 0.25) is 23.6 Å². The quantitative estimate of drug-likeness (QED) is 0.330. The number of hydrogen-bond acceptors (Lipinski definition) is 6. The minimum atomic E-state index is -1.34. The van der Waals surface area contributed by atoms with Crippen LogP contribution in [0.5, 0.6) is 11.5 Å². The second-order valence-corrected chi connectivity index (χ2v) is 13.1. The van der Waals surface area contributed by atoms with Crippen molar-refractivity contribution in [2.75, 3.05) is 19.1 Å². The topological polar surface area (TPSA) is 104 Å². The van der Waals surface area contributed by atoms with Gasteiger partial charge in [0.1, 0.15) is 5.82 Å². The van der Waals surface area contributed by atoms with Gasteiger partial charge in [0.25, 0.3) is 0 Å². The molecule has 4 aliphatic rings. The summed E-state index contributed by atoms with van der Waals surface area (Å²) in [6.45, 7) is 1.73. The molecule has 0 bridgehead atoms. The highest BCUT2D eigenvalue weighted by molar-refractivity contribution is 9.13. The predicted octanol–water partition coefficient (Wildman–Crippen LogP) is 5.58. The van der Waals surface area contributed by atoms with Crippen LogP contribution in [0.25, 0.3) is 0 Å². The third-order valence-electron chi connectivity index (χ3n) is 9.36. The van der Waals surface area contributed by atoms with Crippen LogP contribution < -0.4 is 9.64 Å². The van der Waals surface area contributed by atoms with Crippen molar-refractivity contribution in [2.45, 2.75) is 25.7 Å². The Bertz CT molecular complexity index is 1610. The monoisotopic (exact) mass is 708 g/mol. The van der Waals surface area contributed by atoms with Crippen LogP contribution in [0.15, 0.2) is 44.9 Å². The summed E-state index contributed by atoms with van der Waals surface area (Å²) in [4.78, 5) is 57.1. The maximum atomic E-state index is 14.4. The third-order valence-corrected chi connectivity index (χ3v) is 11.8. The Labute approximate surface area is 256 Å². The first kappa shape index (κ1) is 28.4. The number of halogens is 4. The van der Waals surface area contributed by atoms with E-state index in [0.29, 0.717) is 20.9 Å². The number of hydrogen-bond donors (Lipinski definition) is 1. The van der Waals surface area contributed by atoms with Gasteiger partial charge in [-0.25, -0.2) is 9.29 Å². The number of ether oxygens (including phenoxy) is 1. The number of phenols is 1. The molecular weight excluding hydrogens is 687 g/mol. The molecule has 2 heterocycles. The first-order valence-corrected chi connectivity index (χ1v) is 14.9. The molecular formula is C29H24Br2ClFN2O6. The van der Waals surface area contributed by atoms with Gasteiger partial charge in [-0.1, -0.05) is 23.3 Å². The number of aromatic hydroxyl groups is 1. The fourth-order valence-corrected chi connectivity index (χ4v) is 8.49. The fourth-order valence-electron chi connectivity index (χ4n) is 7.36. The largest absolute Gasteiger partial charge is 0.503 e. The third kappa shape index (κ3) is 3.74. The molecule has 2 aliphatic heterocycles. The zero-order valence-electron chi connectivity index (χ0n) is 22.1. The molecule has 6 atom stereocenters. The minimum Gasteiger partial charge on any atom is -0.503 e. The number of likely N-dealkylation sites (tertiary alicyclic amines) is 1. The highest BCUT2D eigenvalue weighted by Gasteiger charge is 2.67. The van der Waals surface area contributed by atoms with Crippen molar-refractivity contribution in [2.24, 2.45) is 29.1 Å². The molecule has 0 radical (unpaired) electrons. The number of carbonyl (C=O) groups is 4. The highest BCUT2D eigenvalue weighted by Crippen LogP contribution is 2.65. The lowest BCUT2D eigenvalue weighted by Crippen LogP contribution is -2.49. The highest BCUT2D eigenvalue weighted by atomic mass is 79.9. The number of amides is 4. The summed E-state index contributed by atoms with van der Waals surface area (Å²) in [5, 5.41) is 10.4. The Morgan fingerprint density at radius 1 is 1.07 bits per heavy atom. The normalized spacial score (nSPS) is 30.8. The SMILES string of the molecule is COc1cc(C2C3=CCC4C(=O)N(C)C(=O)C4C3CC3C(=O)N(c4ccc(F)c(Cl)c4)C(=O)C32C)c(Br)c(Br)c1O. The second-order valence-electron chi connectivity index (χ2n) is 11.1. The van der Waals surface area contributed by atoms with Gasteiger partial charge >= 0.3 is 0 Å². The van der Waals surface area contributed by atoms with Crippen LogP contribution >= 0.6 is 43.5 Å². The maximum Gasteiger partial charge on any atom is 0.241 e.